The van der Waals surface area contributed by atoms with Crippen LogP contribution in [-0.4, -0.2) is 38.0 Å². The van der Waals surface area contributed by atoms with Crippen LogP contribution in [0.3, 0.4) is 0 Å². The van der Waals surface area contributed by atoms with Crippen molar-refractivity contribution in [2.24, 2.45) is 0 Å². The standard InChI is InChI=1S/C25H20O6/c1-29-21-11-14(12-22(30-2)25(21)31-3)20(27)13-18-15-7-4-5-8-17(15)24(28)23-16(18)9-6-10-19(23)26/h4-13,26H,1-3H3. The monoisotopic (exact) mass is 416 g/mol. The molecule has 0 bridgehead atoms. The fraction of sp³-hybridized carbons (Fsp3) is 0.120. The molecular formula is C25H20O6. The third kappa shape index (κ3) is 3.32. The van der Waals surface area contributed by atoms with Crippen molar-refractivity contribution in [3.63, 3.8) is 0 Å². The molecule has 0 saturated heterocycles. The summed E-state index contributed by atoms with van der Waals surface area (Å²) in [5.41, 5.74) is 2.64. The van der Waals surface area contributed by atoms with E-state index in [0.29, 0.717) is 45.1 Å². The number of ketones is 2. The Morgan fingerprint density at radius 3 is 2.06 bits per heavy atom. The van der Waals surface area contributed by atoms with Gasteiger partial charge in [-0.05, 0) is 41.0 Å². The molecule has 3 aromatic rings. The van der Waals surface area contributed by atoms with Crippen LogP contribution < -0.4 is 14.2 Å². The Bertz CT molecular complexity index is 1210. The fourth-order valence-corrected chi connectivity index (χ4v) is 3.79. The summed E-state index contributed by atoms with van der Waals surface area (Å²) in [5, 5.41) is 10.3. The largest absolute Gasteiger partial charge is 0.507 e. The zero-order chi connectivity index (χ0) is 22.1. The van der Waals surface area contributed by atoms with Gasteiger partial charge in [-0.3, -0.25) is 9.59 Å². The van der Waals surface area contributed by atoms with Crippen molar-refractivity contribution in [1.29, 1.82) is 0 Å². The summed E-state index contributed by atoms with van der Waals surface area (Å²) in [7, 11) is 4.45. The van der Waals surface area contributed by atoms with Gasteiger partial charge in [-0.15, -0.1) is 0 Å². The number of carbonyl (C=O) groups excluding carboxylic acids is 2. The van der Waals surface area contributed by atoms with Crippen LogP contribution in [0.25, 0.3) is 5.57 Å². The van der Waals surface area contributed by atoms with E-state index in [4.69, 9.17) is 14.2 Å². The summed E-state index contributed by atoms with van der Waals surface area (Å²) in [5.74, 6) is 0.400. The number of rotatable bonds is 5. The first-order valence-electron chi connectivity index (χ1n) is 9.52. The molecule has 0 spiro atoms. The number of phenols is 1. The van der Waals surface area contributed by atoms with Gasteiger partial charge in [-0.2, -0.15) is 0 Å². The van der Waals surface area contributed by atoms with Gasteiger partial charge in [0.15, 0.2) is 23.1 Å². The highest BCUT2D eigenvalue weighted by Gasteiger charge is 2.29. The number of allylic oxidation sites excluding steroid dienone is 1. The Labute approximate surface area is 179 Å². The molecule has 0 aromatic heterocycles. The number of hydrogen-bond donors (Lipinski definition) is 1. The molecule has 0 saturated carbocycles. The molecule has 0 radical (unpaired) electrons. The fourth-order valence-electron chi connectivity index (χ4n) is 3.79. The SMILES string of the molecule is COc1cc(C(=O)C=C2c3ccccc3C(=O)c3c(O)cccc32)cc(OC)c1OC. The van der Waals surface area contributed by atoms with Crippen LogP contribution in [0.5, 0.6) is 23.0 Å². The van der Waals surface area contributed by atoms with Crippen molar-refractivity contribution in [2.45, 2.75) is 0 Å². The number of phenolic OH excluding ortho intramolecular Hbond substituents is 1. The predicted octanol–water partition coefficient (Wildman–Crippen LogP) is 4.28. The van der Waals surface area contributed by atoms with Crippen LogP contribution in [0.1, 0.15) is 37.4 Å². The van der Waals surface area contributed by atoms with Crippen LogP contribution >= 0.6 is 0 Å². The molecule has 31 heavy (non-hydrogen) atoms. The third-order valence-electron chi connectivity index (χ3n) is 5.25. The lowest BCUT2D eigenvalue weighted by Gasteiger charge is -2.22. The Kier molecular flexibility index (Phi) is 5.21. The molecule has 0 amide bonds. The number of ether oxygens (including phenoxy) is 3. The molecule has 0 atom stereocenters. The minimum absolute atomic E-state index is 0.122. The van der Waals surface area contributed by atoms with Gasteiger partial charge in [0.2, 0.25) is 5.75 Å². The summed E-state index contributed by atoms with van der Waals surface area (Å²) >= 11 is 0. The van der Waals surface area contributed by atoms with E-state index in [-0.39, 0.29) is 22.9 Å². The maximum Gasteiger partial charge on any atom is 0.203 e. The van der Waals surface area contributed by atoms with Gasteiger partial charge < -0.3 is 19.3 Å². The second-order valence-corrected chi connectivity index (χ2v) is 6.91. The molecule has 0 unspecified atom stereocenters. The van der Waals surface area contributed by atoms with Crippen molar-refractivity contribution in [3.05, 3.63) is 88.5 Å². The molecule has 1 aliphatic carbocycles. The average molecular weight is 416 g/mol. The van der Waals surface area contributed by atoms with Crippen molar-refractivity contribution >= 4 is 17.1 Å². The summed E-state index contributed by atoms with van der Waals surface area (Å²) in [4.78, 5) is 26.2. The van der Waals surface area contributed by atoms with E-state index in [1.165, 1.54) is 33.5 Å². The highest BCUT2D eigenvalue weighted by Crippen LogP contribution is 2.41. The van der Waals surface area contributed by atoms with E-state index in [0.717, 1.165) is 0 Å². The lowest BCUT2D eigenvalue weighted by Crippen LogP contribution is -2.15. The molecule has 0 fully saturated rings. The van der Waals surface area contributed by atoms with Crippen molar-refractivity contribution in [3.8, 4) is 23.0 Å². The number of methoxy groups -OCH3 is 3. The third-order valence-corrected chi connectivity index (χ3v) is 5.25. The van der Waals surface area contributed by atoms with Gasteiger partial charge in [0.25, 0.3) is 0 Å². The molecule has 6 heteroatoms. The Balaban J connectivity index is 1.90. The summed E-state index contributed by atoms with van der Waals surface area (Å²) in [6.45, 7) is 0. The van der Waals surface area contributed by atoms with Gasteiger partial charge in [-0.25, -0.2) is 0 Å². The molecular weight excluding hydrogens is 396 g/mol. The normalized spacial score (nSPS) is 13.4. The summed E-state index contributed by atoms with van der Waals surface area (Å²) in [6.07, 6.45) is 1.46. The summed E-state index contributed by atoms with van der Waals surface area (Å²) < 4.78 is 16.0. The number of carbonyl (C=O) groups is 2. The van der Waals surface area contributed by atoms with Gasteiger partial charge in [0, 0.05) is 11.1 Å². The van der Waals surface area contributed by atoms with Gasteiger partial charge in [-0.1, -0.05) is 36.4 Å². The quantitative estimate of drug-likeness (QED) is 0.386. The Morgan fingerprint density at radius 1 is 0.839 bits per heavy atom. The maximum atomic E-state index is 13.3. The second kappa shape index (κ2) is 7.99. The first-order chi connectivity index (χ1) is 15.0. The minimum Gasteiger partial charge on any atom is -0.507 e. The van der Waals surface area contributed by atoms with Crippen LogP contribution in [0.15, 0.2) is 60.7 Å². The first kappa shape index (κ1) is 20.2. The van der Waals surface area contributed by atoms with Crippen LogP contribution in [-0.2, 0) is 0 Å². The van der Waals surface area contributed by atoms with Gasteiger partial charge >= 0.3 is 0 Å². The lowest BCUT2D eigenvalue weighted by atomic mass is 9.80. The number of benzene rings is 3. The first-order valence-corrected chi connectivity index (χ1v) is 9.52. The average Bonchev–Trinajstić information content (AvgIpc) is 2.80. The number of aromatic hydroxyl groups is 1. The maximum absolute atomic E-state index is 13.3. The van der Waals surface area contributed by atoms with E-state index < -0.39 is 0 Å². The predicted molar refractivity (Wildman–Crippen MR) is 115 cm³/mol. The molecule has 1 aliphatic rings. The van der Waals surface area contributed by atoms with Crippen molar-refractivity contribution in [2.75, 3.05) is 21.3 Å². The summed E-state index contributed by atoms with van der Waals surface area (Å²) in [6, 6.07) is 15.0. The van der Waals surface area contributed by atoms with Gasteiger partial charge in [0.05, 0.1) is 26.9 Å². The van der Waals surface area contributed by atoms with Crippen molar-refractivity contribution in [1.82, 2.24) is 0 Å². The van der Waals surface area contributed by atoms with Crippen LogP contribution in [0.2, 0.25) is 0 Å². The van der Waals surface area contributed by atoms with Crippen LogP contribution in [0, 0.1) is 0 Å². The Hall–Kier alpha value is -4.06. The lowest BCUT2D eigenvalue weighted by molar-refractivity contribution is 0.102. The smallest absolute Gasteiger partial charge is 0.203 e. The number of hydrogen-bond acceptors (Lipinski definition) is 6. The molecule has 0 heterocycles. The van der Waals surface area contributed by atoms with E-state index in [9.17, 15) is 14.7 Å². The number of fused-ring (bicyclic) bond motifs is 2. The highest BCUT2D eigenvalue weighted by molar-refractivity contribution is 6.22. The van der Waals surface area contributed by atoms with Crippen LogP contribution in [0.4, 0.5) is 0 Å². The van der Waals surface area contributed by atoms with E-state index in [2.05, 4.69) is 0 Å². The van der Waals surface area contributed by atoms with E-state index in [1.807, 2.05) is 0 Å². The van der Waals surface area contributed by atoms with E-state index in [1.54, 1.807) is 48.5 Å². The second-order valence-electron chi connectivity index (χ2n) is 6.91. The Morgan fingerprint density at radius 2 is 1.45 bits per heavy atom. The topological polar surface area (TPSA) is 82.1 Å². The van der Waals surface area contributed by atoms with Gasteiger partial charge in [0.1, 0.15) is 5.75 Å². The van der Waals surface area contributed by atoms with E-state index >= 15 is 0 Å². The molecule has 156 valence electrons. The minimum atomic E-state index is -0.312. The highest BCUT2D eigenvalue weighted by atomic mass is 16.5. The molecule has 6 nitrogen and oxygen atoms in total. The molecule has 1 N–H and O–H groups in total. The zero-order valence-corrected chi connectivity index (χ0v) is 17.3. The molecule has 0 aliphatic heterocycles. The van der Waals surface area contributed by atoms with Crippen molar-refractivity contribution < 1.29 is 28.9 Å². The molecule has 4 rings (SSSR count). The molecule has 3 aromatic carbocycles. The zero-order valence-electron chi connectivity index (χ0n) is 17.3.